The molecule has 0 radical (unpaired) electrons. The standard InChI is InChI=1S/C11H21N3O2/c1-3-7(2)9(12)11(16)14-6-4-5-8(14)10(13)15/h7-9H,3-6,12H2,1-2H3,(H2,13,15)/t7?,8?,9-/m0/s1. The van der Waals surface area contributed by atoms with E-state index in [4.69, 9.17) is 11.5 Å². The molecule has 0 spiro atoms. The SMILES string of the molecule is CCC(C)[C@H](N)C(=O)N1CCCC1C(N)=O. The summed E-state index contributed by atoms with van der Waals surface area (Å²) in [5.74, 6) is -0.445. The van der Waals surface area contributed by atoms with E-state index in [2.05, 4.69) is 0 Å². The molecule has 1 fully saturated rings. The lowest BCUT2D eigenvalue weighted by atomic mass is 9.98. The molecule has 0 aromatic heterocycles. The Hall–Kier alpha value is -1.10. The van der Waals surface area contributed by atoms with E-state index in [1.165, 1.54) is 0 Å². The minimum atomic E-state index is -0.523. The highest BCUT2D eigenvalue weighted by Crippen LogP contribution is 2.19. The van der Waals surface area contributed by atoms with Gasteiger partial charge >= 0.3 is 0 Å². The van der Waals surface area contributed by atoms with Crippen molar-refractivity contribution in [1.29, 1.82) is 0 Å². The Kier molecular flexibility index (Phi) is 4.29. The normalized spacial score (nSPS) is 24.2. The van der Waals surface area contributed by atoms with Crippen LogP contribution in [0, 0.1) is 5.92 Å². The van der Waals surface area contributed by atoms with Crippen molar-refractivity contribution in [2.75, 3.05) is 6.54 Å². The molecule has 5 nitrogen and oxygen atoms in total. The number of amides is 2. The molecule has 1 heterocycles. The lowest BCUT2D eigenvalue weighted by Gasteiger charge is -2.27. The fourth-order valence-electron chi connectivity index (χ4n) is 2.02. The zero-order chi connectivity index (χ0) is 12.3. The predicted octanol–water partition coefficient (Wildman–Crippen LogP) is -0.164. The van der Waals surface area contributed by atoms with E-state index in [0.29, 0.717) is 13.0 Å². The van der Waals surface area contributed by atoms with Gasteiger partial charge in [-0.2, -0.15) is 0 Å². The van der Waals surface area contributed by atoms with E-state index in [-0.39, 0.29) is 11.8 Å². The molecule has 92 valence electrons. The van der Waals surface area contributed by atoms with Gasteiger partial charge in [-0.05, 0) is 18.8 Å². The van der Waals surface area contributed by atoms with Gasteiger partial charge < -0.3 is 16.4 Å². The summed E-state index contributed by atoms with van der Waals surface area (Å²) in [6.45, 7) is 4.53. The monoisotopic (exact) mass is 227 g/mol. The molecule has 0 saturated carbocycles. The molecule has 1 rings (SSSR count). The molecule has 1 aliphatic heterocycles. The fourth-order valence-corrected chi connectivity index (χ4v) is 2.02. The van der Waals surface area contributed by atoms with Gasteiger partial charge in [-0.15, -0.1) is 0 Å². The molecule has 0 aromatic rings. The first kappa shape index (κ1) is 13.0. The summed E-state index contributed by atoms with van der Waals surface area (Å²) in [6.07, 6.45) is 2.34. The summed E-state index contributed by atoms with van der Waals surface area (Å²) in [6, 6.07) is -0.979. The van der Waals surface area contributed by atoms with Gasteiger partial charge in [-0.3, -0.25) is 9.59 Å². The molecule has 4 N–H and O–H groups in total. The summed E-state index contributed by atoms with van der Waals surface area (Å²) in [5, 5.41) is 0. The van der Waals surface area contributed by atoms with Gasteiger partial charge in [-0.1, -0.05) is 20.3 Å². The maximum Gasteiger partial charge on any atom is 0.240 e. The van der Waals surface area contributed by atoms with E-state index in [1.54, 1.807) is 4.90 Å². The lowest BCUT2D eigenvalue weighted by Crippen LogP contribution is -2.52. The van der Waals surface area contributed by atoms with Crippen molar-refractivity contribution in [1.82, 2.24) is 4.90 Å². The summed E-state index contributed by atoms with van der Waals surface area (Å²) >= 11 is 0. The van der Waals surface area contributed by atoms with Crippen molar-refractivity contribution in [3.63, 3.8) is 0 Å². The van der Waals surface area contributed by atoms with Crippen molar-refractivity contribution < 1.29 is 9.59 Å². The van der Waals surface area contributed by atoms with E-state index >= 15 is 0 Å². The number of nitrogens with zero attached hydrogens (tertiary/aromatic N) is 1. The number of nitrogens with two attached hydrogens (primary N) is 2. The number of carbonyl (C=O) groups excluding carboxylic acids is 2. The van der Waals surface area contributed by atoms with Crippen LogP contribution < -0.4 is 11.5 Å². The first-order chi connectivity index (χ1) is 7.49. The summed E-state index contributed by atoms with van der Waals surface area (Å²) in [4.78, 5) is 24.8. The first-order valence-corrected chi connectivity index (χ1v) is 5.84. The maximum atomic E-state index is 12.1. The highest BCUT2D eigenvalue weighted by atomic mass is 16.2. The van der Waals surface area contributed by atoms with Crippen LogP contribution in [0.4, 0.5) is 0 Å². The number of hydrogen-bond donors (Lipinski definition) is 2. The number of likely N-dealkylation sites (tertiary alicyclic amines) is 1. The zero-order valence-corrected chi connectivity index (χ0v) is 9.98. The molecule has 3 atom stereocenters. The molecular formula is C11H21N3O2. The second-order valence-corrected chi connectivity index (χ2v) is 4.50. The second kappa shape index (κ2) is 5.30. The van der Waals surface area contributed by atoms with Crippen LogP contribution in [0.1, 0.15) is 33.1 Å². The predicted molar refractivity (Wildman–Crippen MR) is 61.4 cm³/mol. The van der Waals surface area contributed by atoms with E-state index < -0.39 is 18.0 Å². The third kappa shape index (κ3) is 2.52. The Morgan fingerprint density at radius 3 is 2.62 bits per heavy atom. The molecule has 1 saturated heterocycles. The molecule has 2 unspecified atom stereocenters. The van der Waals surface area contributed by atoms with Crippen LogP contribution in [-0.2, 0) is 9.59 Å². The van der Waals surface area contributed by atoms with Crippen LogP contribution in [0.15, 0.2) is 0 Å². The average molecular weight is 227 g/mol. The van der Waals surface area contributed by atoms with Gasteiger partial charge in [0.25, 0.3) is 0 Å². The third-order valence-corrected chi connectivity index (χ3v) is 3.41. The van der Waals surface area contributed by atoms with Crippen LogP contribution in [-0.4, -0.2) is 35.3 Å². The van der Waals surface area contributed by atoms with E-state index in [1.807, 2.05) is 13.8 Å². The van der Waals surface area contributed by atoms with Gasteiger partial charge in [0.15, 0.2) is 0 Å². The van der Waals surface area contributed by atoms with Crippen LogP contribution in [0.2, 0.25) is 0 Å². The largest absolute Gasteiger partial charge is 0.368 e. The molecule has 0 bridgehead atoms. The highest BCUT2D eigenvalue weighted by molar-refractivity contribution is 5.89. The van der Waals surface area contributed by atoms with Gasteiger partial charge in [0.2, 0.25) is 11.8 Å². The number of carbonyl (C=O) groups is 2. The van der Waals surface area contributed by atoms with Gasteiger partial charge in [-0.25, -0.2) is 0 Å². The van der Waals surface area contributed by atoms with E-state index in [9.17, 15) is 9.59 Å². The highest BCUT2D eigenvalue weighted by Gasteiger charge is 2.35. The molecule has 0 aromatic carbocycles. The number of rotatable bonds is 4. The summed E-state index contributed by atoms with van der Waals surface area (Å²) in [5.41, 5.74) is 11.1. The minimum absolute atomic E-state index is 0.127. The smallest absolute Gasteiger partial charge is 0.240 e. The average Bonchev–Trinajstić information content (AvgIpc) is 2.74. The first-order valence-electron chi connectivity index (χ1n) is 5.84. The summed E-state index contributed by atoms with van der Waals surface area (Å²) < 4.78 is 0. The Balaban J connectivity index is 2.69. The van der Waals surface area contributed by atoms with Crippen LogP contribution in [0.5, 0.6) is 0 Å². The van der Waals surface area contributed by atoms with E-state index in [0.717, 1.165) is 12.8 Å². The number of primary amides is 1. The maximum absolute atomic E-state index is 12.1. The van der Waals surface area contributed by atoms with Crippen molar-refractivity contribution >= 4 is 11.8 Å². The fraction of sp³-hybridized carbons (Fsp3) is 0.818. The van der Waals surface area contributed by atoms with Crippen LogP contribution >= 0.6 is 0 Å². The van der Waals surface area contributed by atoms with Gasteiger partial charge in [0.05, 0.1) is 6.04 Å². The van der Waals surface area contributed by atoms with Gasteiger partial charge in [0, 0.05) is 6.54 Å². The molecule has 2 amide bonds. The molecule has 1 aliphatic rings. The lowest BCUT2D eigenvalue weighted by molar-refractivity contribution is -0.139. The van der Waals surface area contributed by atoms with Crippen molar-refractivity contribution in [3.8, 4) is 0 Å². The second-order valence-electron chi connectivity index (χ2n) is 4.50. The Morgan fingerprint density at radius 1 is 1.50 bits per heavy atom. The molecule has 0 aliphatic carbocycles. The van der Waals surface area contributed by atoms with Gasteiger partial charge in [0.1, 0.15) is 6.04 Å². The Morgan fingerprint density at radius 2 is 2.12 bits per heavy atom. The van der Waals surface area contributed by atoms with Crippen LogP contribution in [0.3, 0.4) is 0 Å². The van der Waals surface area contributed by atoms with Crippen molar-refractivity contribution in [2.24, 2.45) is 17.4 Å². The minimum Gasteiger partial charge on any atom is -0.368 e. The number of hydrogen-bond acceptors (Lipinski definition) is 3. The topological polar surface area (TPSA) is 89.4 Å². The molecule has 16 heavy (non-hydrogen) atoms. The molecule has 5 heteroatoms. The van der Waals surface area contributed by atoms with Crippen LogP contribution in [0.25, 0.3) is 0 Å². The Labute approximate surface area is 96.1 Å². The van der Waals surface area contributed by atoms with Crippen molar-refractivity contribution in [2.45, 2.75) is 45.2 Å². The zero-order valence-electron chi connectivity index (χ0n) is 9.98. The van der Waals surface area contributed by atoms with Crippen molar-refractivity contribution in [3.05, 3.63) is 0 Å². The summed E-state index contributed by atoms with van der Waals surface area (Å²) in [7, 11) is 0. The third-order valence-electron chi connectivity index (χ3n) is 3.41. The quantitative estimate of drug-likeness (QED) is 0.699. The molecular weight excluding hydrogens is 206 g/mol. The Bertz CT molecular complexity index is 280.